The average molecular weight is 271 g/mol. The molecule has 1 saturated heterocycles. The van der Waals surface area contributed by atoms with Crippen molar-refractivity contribution in [2.45, 2.75) is 19.4 Å². The van der Waals surface area contributed by atoms with Gasteiger partial charge in [-0.3, -0.25) is 4.79 Å². The van der Waals surface area contributed by atoms with Gasteiger partial charge in [-0.05, 0) is 25.5 Å². The molecule has 1 aliphatic heterocycles. The van der Waals surface area contributed by atoms with Crippen LogP contribution in [0.15, 0.2) is 22.8 Å². The number of furan rings is 1. The highest BCUT2D eigenvalue weighted by Crippen LogP contribution is 2.25. The van der Waals surface area contributed by atoms with Gasteiger partial charge in [-0.25, -0.2) is 8.42 Å². The maximum atomic E-state index is 12.2. The number of carbonyl (C=O) groups excluding carboxylic acids is 1. The first-order chi connectivity index (χ1) is 8.41. The van der Waals surface area contributed by atoms with Gasteiger partial charge >= 0.3 is 0 Å². The van der Waals surface area contributed by atoms with E-state index in [0.717, 1.165) is 0 Å². The van der Waals surface area contributed by atoms with E-state index in [1.807, 2.05) is 6.92 Å². The molecule has 2 rings (SSSR count). The molecule has 18 heavy (non-hydrogen) atoms. The number of hydrogen-bond acceptors (Lipinski definition) is 4. The van der Waals surface area contributed by atoms with E-state index in [1.54, 1.807) is 30.3 Å². The molecule has 100 valence electrons. The summed E-state index contributed by atoms with van der Waals surface area (Å²) in [7, 11) is -1.34. The van der Waals surface area contributed by atoms with Crippen molar-refractivity contribution in [2.75, 3.05) is 18.6 Å². The van der Waals surface area contributed by atoms with Crippen LogP contribution in [-0.4, -0.2) is 37.8 Å². The molecule has 2 atom stereocenters. The van der Waals surface area contributed by atoms with E-state index in [2.05, 4.69) is 0 Å². The smallest absolute Gasteiger partial charge is 0.227 e. The molecule has 1 aromatic rings. The minimum Gasteiger partial charge on any atom is -0.467 e. The third-order valence-electron chi connectivity index (χ3n) is 3.47. The van der Waals surface area contributed by atoms with E-state index in [9.17, 15) is 13.2 Å². The third-order valence-corrected chi connectivity index (χ3v) is 5.23. The number of amides is 1. The highest BCUT2D eigenvalue weighted by Gasteiger charge is 2.35. The summed E-state index contributed by atoms with van der Waals surface area (Å²) in [6.07, 6.45) is 1.99. The first kappa shape index (κ1) is 13.1. The number of sulfone groups is 1. The summed E-state index contributed by atoms with van der Waals surface area (Å²) < 4.78 is 28.0. The minimum absolute atomic E-state index is 0.0267. The van der Waals surface area contributed by atoms with Gasteiger partial charge in [0.1, 0.15) is 5.76 Å². The topological polar surface area (TPSA) is 67.6 Å². The first-order valence-electron chi connectivity index (χ1n) is 5.91. The number of carbonyl (C=O) groups is 1. The van der Waals surface area contributed by atoms with Crippen molar-refractivity contribution >= 4 is 15.7 Å². The van der Waals surface area contributed by atoms with Crippen molar-refractivity contribution in [3.63, 3.8) is 0 Å². The first-order valence-corrected chi connectivity index (χ1v) is 7.73. The highest BCUT2D eigenvalue weighted by atomic mass is 32.2. The molecule has 2 unspecified atom stereocenters. The van der Waals surface area contributed by atoms with Crippen LogP contribution in [0.25, 0.3) is 0 Å². The van der Waals surface area contributed by atoms with Crippen molar-refractivity contribution in [1.82, 2.24) is 4.90 Å². The summed E-state index contributed by atoms with van der Waals surface area (Å²) in [5.74, 6) is 0.261. The van der Waals surface area contributed by atoms with Crippen LogP contribution in [0.3, 0.4) is 0 Å². The van der Waals surface area contributed by atoms with E-state index in [0.29, 0.717) is 12.2 Å². The zero-order valence-electron chi connectivity index (χ0n) is 10.5. The van der Waals surface area contributed by atoms with Gasteiger partial charge in [0, 0.05) is 7.05 Å². The Balaban J connectivity index is 2.06. The van der Waals surface area contributed by atoms with Gasteiger partial charge < -0.3 is 9.32 Å². The van der Waals surface area contributed by atoms with Crippen LogP contribution < -0.4 is 0 Å². The largest absolute Gasteiger partial charge is 0.467 e. The predicted molar refractivity (Wildman–Crippen MR) is 66.7 cm³/mol. The second kappa shape index (κ2) is 4.76. The molecule has 1 aromatic heterocycles. The molecular formula is C12H17NO4S. The average Bonchev–Trinajstić information content (AvgIpc) is 2.95. The summed E-state index contributed by atoms with van der Waals surface area (Å²) in [5, 5.41) is 0. The van der Waals surface area contributed by atoms with Crippen LogP contribution in [0.2, 0.25) is 0 Å². The van der Waals surface area contributed by atoms with Gasteiger partial charge in [0.15, 0.2) is 9.84 Å². The van der Waals surface area contributed by atoms with E-state index in [-0.39, 0.29) is 23.5 Å². The summed E-state index contributed by atoms with van der Waals surface area (Å²) >= 11 is 0. The molecule has 0 aromatic carbocycles. The maximum Gasteiger partial charge on any atom is 0.227 e. The van der Waals surface area contributed by atoms with Crippen LogP contribution in [-0.2, 0) is 14.6 Å². The number of rotatable bonds is 3. The normalized spacial score (nSPS) is 23.8. The molecule has 0 radical (unpaired) electrons. The molecule has 0 aliphatic carbocycles. The molecular weight excluding hydrogens is 254 g/mol. The Morgan fingerprint density at radius 1 is 1.56 bits per heavy atom. The quantitative estimate of drug-likeness (QED) is 0.829. The van der Waals surface area contributed by atoms with Gasteiger partial charge in [0.05, 0.1) is 29.7 Å². The minimum atomic E-state index is -3.02. The fraction of sp³-hybridized carbons (Fsp3) is 0.583. The van der Waals surface area contributed by atoms with Crippen molar-refractivity contribution in [1.29, 1.82) is 0 Å². The predicted octanol–water partition coefficient (Wildman–Crippen LogP) is 1.23. The zero-order chi connectivity index (χ0) is 13.3. The van der Waals surface area contributed by atoms with Crippen LogP contribution in [0.1, 0.15) is 25.1 Å². The monoisotopic (exact) mass is 271 g/mol. The molecule has 1 fully saturated rings. The van der Waals surface area contributed by atoms with Gasteiger partial charge in [0.2, 0.25) is 5.91 Å². The van der Waals surface area contributed by atoms with E-state index in [4.69, 9.17) is 4.42 Å². The van der Waals surface area contributed by atoms with E-state index < -0.39 is 15.8 Å². The van der Waals surface area contributed by atoms with Gasteiger partial charge in [-0.1, -0.05) is 0 Å². The highest BCUT2D eigenvalue weighted by molar-refractivity contribution is 7.91. The lowest BCUT2D eigenvalue weighted by atomic mass is 10.1. The van der Waals surface area contributed by atoms with Gasteiger partial charge in [-0.15, -0.1) is 0 Å². The Hall–Kier alpha value is -1.30. The Morgan fingerprint density at radius 2 is 2.28 bits per heavy atom. The van der Waals surface area contributed by atoms with Crippen molar-refractivity contribution in [3.05, 3.63) is 24.2 Å². The number of nitrogens with zero attached hydrogens (tertiary/aromatic N) is 1. The summed E-state index contributed by atoms with van der Waals surface area (Å²) in [6.45, 7) is 1.86. The Bertz CT molecular complexity index is 520. The second-order valence-corrected chi connectivity index (χ2v) is 6.97. The van der Waals surface area contributed by atoms with Crippen LogP contribution in [0.4, 0.5) is 0 Å². The zero-order valence-corrected chi connectivity index (χ0v) is 11.3. The lowest BCUT2D eigenvalue weighted by molar-refractivity contribution is -0.135. The molecule has 1 aliphatic rings. The fourth-order valence-electron chi connectivity index (χ4n) is 2.19. The molecule has 1 amide bonds. The van der Waals surface area contributed by atoms with Crippen molar-refractivity contribution in [3.8, 4) is 0 Å². The fourth-order valence-corrected chi connectivity index (χ4v) is 3.92. The lowest BCUT2D eigenvalue weighted by Gasteiger charge is -2.25. The van der Waals surface area contributed by atoms with E-state index in [1.165, 1.54) is 0 Å². The molecule has 0 spiro atoms. The van der Waals surface area contributed by atoms with Gasteiger partial charge in [0.25, 0.3) is 0 Å². The van der Waals surface area contributed by atoms with Crippen molar-refractivity contribution in [2.24, 2.45) is 5.92 Å². The van der Waals surface area contributed by atoms with Crippen LogP contribution >= 0.6 is 0 Å². The molecule has 2 heterocycles. The maximum absolute atomic E-state index is 12.2. The molecule has 6 heteroatoms. The molecule has 0 N–H and O–H groups in total. The Labute approximate surface area is 107 Å². The van der Waals surface area contributed by atoms with E-state index >= 15 is 0 Å². The SMILES string of the molecule is CC(c1ccco1)N(C)C(=O)C1CCS(=O)(=O)C1. The summed E-state index contributed by atoms with van der Waals surface area (Å²) in [5.41, 5.74) is 0. The van der Waals surface area contributed by atoms with Crippen LogP contribution in [0.5, 0.6) is 0 Å². The summed E-state index contributed by atoms with van der Waals surface area (Å²) in [4.78, 5) is 13.7. The molecule has 0 bridgehead atoms. The number of hydrogen-bond donors (Lipinski definition) is 0. The Morgan fingerprint density at radius 3 is 2.78 bits per heavy atom. The summed E-state index contributed by atoms with van der Waals surface area (Å²) in [6, 6.07) is 3.39. The third kappa shape index (κ3) is 2.58. The molecule has 0 saturated carbocycles. The van der Waals surface area contributed by atoms with Gasteiger partial charge in [-0.2, -0.15) is 0 Å². The van der Waals surface area contributed by atoms with Crippen molar-refractivity contribution < 1.29 is 17.6 Å². The lowest BCUT2D eigenvalue weighted by Crippen LogP contribution is -2.35. The second-order valence-electron chi connectivity index (χ2n) is 4.74. The standard InChI is InChI=1S/C12H17NO4S/c1-9(11-4-3-6-17-11)13(2)12(14)10-5-7-18(15,16)8-10/h3-4,6,9-10H,5,7-8H2,1-2H3. The molecule has 5 nitrogen and oxygen atoms in total. The van der Waals surface area contributed by atoms with Crippen LogP contribution in [0, 0.1) is 5.92 Å². The Kier molecular flexibility index (Phi) is 3.47.